The van der Waals surface area contributed by atoms with Crippen molar-refractivity contribution in [1.29, 1.82) is 0 Å². The van der Waals surface area contributed by atoms with Gasteiger partial charge in [-0.15, -0.1) is 0 Å². The lowest BCUT2D eigenvalue weighted by molar-refractivity contribution is 0.000723. The zero-order chi connectivity index (χ0) is 15.3. The van der Waals surface area contributed by atoms with Crippen LogP contribution in [0.5, 0.6) is 0 Å². The minimum atomic E-state index is -0.483. The molecule has 0 bridgehead atoms. The SMILES string of the molecule is COCCOCCOCCOCc1ccoc1C(=O)NN. The van der Waals surface area contributed by atoms with Crippen LogP contribution in [-0.4, -0.2) is 52.7 Å². The van der Waals surface area contributed by atoms with E-state index in [0.717, 1.165) is 0 Å². The van der Waals surface area contributed by atoms with Crippen LogP contribution in [0.25, 0.3) is 0 Å². The summed E-state index contributed by atoms with van der Waals surface area (Å²) >= 11 is 0. The molecule has 0 unspecified atom stereocenters. The van der Waals surface area contributed by atoms with Gasteiger partial charge in [-0.1, -0.05) is 0 Å². The molecule has 0 atom stereocenters. The van der Waals surface area contributed by atoms with Crippen LogP contribution < -0.4 is 11.3 Å². The maximum atomic E-state index is 11.3. The number of amides is 1. The Morgan fingerprint density at radius 3 is 2.38 bits per heavy atom. The number of methoxy groups -OCH3 is 1. The lowest BCUT2D eigenvalue weighted by Gasteiger charge is -2.06. The summed E-state index contributed by atoms with van der Waals surface area (Å²) in [6, 6.07) is 1.66. The summed E-state index contributed by atoms with van der Waals surface area (Å²) in [6.45, 7) is 3.27. The Bertz CT molecular complexity index is 396. The quantitative estimate of drug-likeness (QED) is 0.244. The van der Waals surface area contributed by atoms with E-state index in [1.807, 2.05) is 5.43 Å². The Balaban J connectivity index is 2.02. The number of carbonyl (C=O) groups excluding carboxylic acids is 1. The van der Waals surface area contributed by atoms with Crippen LogP contribution in [0.2, 0.25) is 0 Å². The molecule has 1 heterocycles. The van der Waals surface area contributed by atoms with Gasteiger partial charge in [0.15, 0.2) is 5.76 Å². The van der Waals surface area contributed by atoms with Crippen molar-refractivity contribution >= 4 is 5.91 Å². The van der Waals surface area contributed by atoms with Gasteiger partial charge in [0.1, 0.15) is 0 Å². The summed E-state index contributed by atoms with van der Waals surface area (Å²) in [5.74, 6) is 4.72. The predicted molar refractivity (Wildman–Crippen MR) is 73.5 cm³/mol. The van der Waals surface area contributed by atoms with Crippen LogP contribution in [0, 0.1) is 0 Å². The molecule has 0 saturated heterocycles. The highest BCUT2D eigenvalue weighted by Crippen LogP contribution is 2.11. The van der Waals surface area contributed by atoms with E-state index < -0.39 is 5.91 Å². The van der Waals surface area contributed by atoms with Gasteiger partial charge in [0.25, 0.3) is 0 Å². The number of nitrogens with two attached hydrogens (primary N) is 1. The van der Waals surface area contributed by atoms with Crippen molar-refractivity contribution in [2.24, 2.45) is 5.84 Å². The average Bonchev–Trinajstić information content (AvgIpc) is 2.97. The number of furan rings is 1. The largest absolute Gasteiger partial charge is 0.459 e. The van der Waals surface area contributed by atoms with Crippen LogP contribution in [0.3, 0.4) is 0 Å². The molecule has 0 aliphatic carbocycles. The first kappa shape index (κ1) is 17.6. The van der Waals surface area contributed by atoms with E-state index in [1.165, 1.54) is 6.26 Å². The molecule has 0 aliphatic heterocycles. The molecule has 8 nitrogen and oxygen atoms in total. The number of hydrogen-bond donors (Lipinski definition) is 2. The van der Waals surface area contributed by atoms with Crippen molar-refractivity contribution in [2.45, 2.75) is 6.61 Å². The molecular weight excluding hydrogens is 280 g/mol. The third-order valence-electron chi connectivity index (χ3n) is 2.52. The first-order valence-corrected chi connectivity index (χ1v) is 6.59. The Hall–Kier alpha value is -1.45. The number of carbonyl (C=O) groups is 1. The molecule has 0 fully saturated rings. The molecule has 3 N–H and O–H groups in total. The van der Waals surface area contributed by atoms with E-state index >= 15 is 0 Å². The summed E-state index contributed by atoms with van der Waals surface area (Å²) < 4.78 is 25.8. The molecule has 1 amide bonds. The minimum absolute atomic E-state index is 0.157. The fraction of sp³-hybridized carbons (Fsp3) is 0.615. The van der Waals surface area contributed by atoms with Gasteiger partial charge >= 0.3 is 5.91 Å². The normalized spacial score (nSPS) is 10.8. The van der Waals surface area contributed by atoms with Crippen molar-refractivity contribution in [2.75, 3.05) is 46.8 Å². The first-order chi connectivity index (χ1) is 10.3. The summed E-state index contributed by atoms with van der Waals surface area (Å²) in [5.41, 5.74) is 2.65. The predicted octanol–water partition coefficient (Wildman–Crippen LogP) is 0.0793. The van der Waals surface area contributed by atoms with Gasteiger partial charge in [0.05, 0.1) is 52.5 Å². The van der Waals surface area contributed by atoms with Gasteiger partial charge in [0, 0.05) is 12.7 Å². The highest BCUT2D eigenvalue weighted by Gasteiger charge is 2.13. The van der Waals surface area contributed by atoms with E-state index in [0.29, 0.717) is 45.2 Å². The molecule has 1 aromatic heterocycles. The second-order valence-electron chi connectivity index (χ2n) is 4.02. The number of hydrazine groups is 1. The van der Waals surface area contributed by atoms with Crippen molar-refractivity contribution < 1.29 is 28.2 Å². The monoisotopic (exact) mass is 302 g/mol. The van der Waals surface area contributed by atoms with Crippen molar-refractivity contribution in [1.82, 2.24) is 5.43 Å². The summed E-state index contributed by atoms with van der Waals surface area (Å²) in [5, 5.41) is 0. The zero-order valence-corrected chi connectivity index (χ0v) is 12.1. The van der Waals surface area contributed by atoms with Gasteiger partial charge in [-0.2, -0.15) is 0 Å². The molecule has 8 heteroatoms. The number of nitrogens with one attached hydrogen (secondary N) is 1. The van der Waals surface area contributed by atoms with Gasteiger partial charge in [-0.05, 0) is 6.07 Å². The molecule has 1 rings (SSSR count). The molecule has 0 spiro atoms. The molecule has 0 saturated carbocycles. The number of ether oxygens (including phenoxy) is 4. The number of hydrogen-bond acceptors (Lipinski definition) is 7. The summed E-state index contributed by atoms with van der Waals surface area (Å²) in [7, 11) is 1.62. The number of rotatable bonds is 12. The van der Waals surface area contributed by atoms with E-state index in [1.54, 1.807) is 13.2 Å². The molecule has 1 aromatic rings. The standard InChI is InChI=1S/C13H22N2O6/c1-17-4-5-18-6-7-19-8-9-20-10-11-2-3-21-12(11)13(16)15-14/h2-3H,4-10,14H2,1H3,(H,15,16). The maximum Gasteiger partial charge on any atom is 0.301 e. The van der Waals surface area contributed by atoms with Gasteiger partial charge in [-0.3, -0.25) is 10.2 Å². The maximum absolute atomic E-state index is 11.3. The van der Waals surface area contributed by atoms with Crippen molar-refractivity contribution in [3.8, 4) is 0 Å². The van der Waals surface area contributed by atoms with E-state index in [-0.39, 0.29) is 12.4 Å². The molecule has 0 aliphatic rings. The Morgan fingerprint density at radius 1 is 1.14 bits per heavy atom. The van der Waals surface area contributed by atoms with Crippen molar-refractivity contribution in [3.63, 3.8) is 0 Å². The average molecular weight is 302 g/mol. The molecular formula is C13H22N2O6. The second kappa shape index (κ2) is 11.2. The molecule has 120 valence electrons. The smallest absolute Gasteiger partial charge is 0.301 e. The van der Waals surface area contributed by atoms with Crippen LogP contribution in [-0.2, 0) is 25.6 Å². The lowest BCUT2D eigenvalue weighted by Crippen LogP contribution is -2.30. The van der Waals surface area contributed by atoms with E-state index in [9.17, 15) is 4.79 Å². The molecule has 0 radical (unpaired) electrons. The van der Waals surface area contributed by atoms with Gasteiger partial charge in [-0.25, -0.2) is 5.84 Å². The second-order valence-corrected chi connectivity index (χ2v) is 4.02. The zero-order valence-electron chi connectivity index (χ0n) is 12.1. The van der Waals surface area contributed by atoms with Crippen LogP contribution in [0.1, 0.15) is 16.1 Å². The molecule has 0 aromatic carbocycles. The lowest BCUT2D eigenvalue weighted by atomic mass is 10.2. The Labute approximate surface area is 123 Å². The molecule has 21 heavy (non-hydrogen) atoms. The number of nitrogen functional groups attached to an aromatic ring is 1. The third-order valence-corrected chi connectivity index (χ3v) is 2.52. The summed E-state index contributed by atoms with van der Waals surface area (Å²) in [6.07, 6.45) is 1.41. The Kier molecular flexibility index (Phi) is 9.42. The highest BCUT2D eigenvalue weighted by molar-refractivity contribution is 5.92. The Morgan fingerprint density at radius 2 is 1.76 bits per heavy atom. The highest BCUT2D eigenvalue weighted by atomic mass is 16.6. The van der Waals surface area contributed by atoms with E-state index in [2.05, 4.69) is 0 Å². The minimum Gasteiger partial charge on any atom is -0.459 e. The third kappa shape index (κ3) is 7.21. The first-order valence-electron chi connectivity index (χ1n) is 6.59. The van der Waals surface area contributed by atoms with Crippen LogP contribution in [0.4, 0.5) is 0 Å². The van der Waals surface area contributed by atoms with Gasteiger partial charge in [0.2, 0.25) is 0 Å². The van der Waals surface area contributed by atoms with Crippen molar-refractivity contribution in [3.05, 3.63) is 23.7 Å². The summed E-state index contributed by atoms with van der Waals surface area (Å²) in [4.78, 5) is 11.3. The fourth-order valence-electron chi connectivity index (χ4n) is 1.48. The fourth-order valence-corrected chi connectivity index (χ4v) is 1.48. The van der Waals surface area contributed by atoms with E-state index in [4.69, 9.17) is 29.2 Å². The van der Waals surface area contributed by atoms with Gasteiger partial charge < -0.3 is 23.4 Å². The topological polar surface area (TPSA) is 105 Å². The van der Waals surface area contributed by atoms with Crippen LogP contribution >= 0.6 is 0 Å². The van der Waals surface area contributed by atoms with Crippen LogP contribution in [0.15, 0.2) is 16.7 Å².